The van der Waals surface area contributed by atoms with E-state index in [0.29, 0.717) is 23.6 Å². The SMILES string of the molecule is COc1ccc(CN(C)C(=O)c2ccccc2I)cc1OC. The minimum Gasteiger partial charge on any atom is -0.493 e. The van der Waals surface area contributed by atoms with Crippen molar-refractivity contribution in [1.29, 1.82) is 0 Å². The number of rotatable bonds is 5. The van der Waals surface area contributed by atoms with Crippen molar-refractivity contribution in [3.05, 3.63) is 57.2 Å². The van der Waals surface area contributed by atoms with Gasteiger partial charge < -0.3 is 14.4 Å². The first-order valence-corrected chi connectivity index (χ1v) is 7.85. The molecule has 0 bridgehead atoms. The van der Waals surface area contributed by atoms with Crippen LogP contribution in [0.5, 0.6) is 11.5 Å². The Morgan fingerprint density at radius 2 is 1.77 bits per heavy atom. The van der Waals surface area contributed by atoms with Gasteiger partial charge in [-0.15, -0.1) is 0 Å². The average Bonchev–Trinajstić information content (AvgIpc) is 2.54. The lowest BCUT2D eigenvalue weighted by atomic mass is 10.1. The van der Waals surface area contributed by atoms with Crippen molar-refractivity contribution in [3.8, 4) is 11.5 Å². The first kappa shape index (κ1) is 16.6. The van der Waals surface area contributed by atoms with Crippen molar-refractivity contribution in [2.45, 2.75) is 6.54 Å². The fourth-order valence-electron chi connectivity index (χ4n) is 2.16. The number of carbonyl (C=O) groups excluding carboxylic acids is 1. The molecular weight excluding hydrogens is 393 g/mol. The van der Waals surface area contributed by atoms with Crippen LogP contribution in [0.15, 0.2) is 42.5 Å². The summed E-state index contributed by atoms with van der Waals surface area (Å²) in [6.45, 7) is 0.504. The van der Waals surface area contributed by atoms with Crippen molar-refractivity contribution >= 4 is 28.5 Å². The van der Waals surface area contributed by atoms with Crippen molar-refractivity contribution in [2.24, 2.45) is 0 Å². The summed E-state index contributed by atoms with van der Waals surface area (Å²) in [7, 11) is 5.00. The quantitative estimate of drug-likeness (QED) is 0.707. The molecule has 0 fully saturated rings. The molecule has 116 valence electrons. The third-order valence-electron chi connectivity index (χ3n) is 3.32. The van der Waals surface area contributed by atoms with Crippen LogP contribution in [0.2, 0.25) is 0 Å². The second-order valence-electron chi connectivity index (χ2n) is 4.83. The van der Waals surface area contributed by atoms with Gasteiger partial charge in [0, 0.05) is 17.2 Å². The number of hydrogen-bond acceptors (Lipinski definition) is 3. The van der Waals surface area contributed by atoms with Gasteiger partial charge in [-0.1, -0.05) is 18.2 Å². The van der Waals surface area contributed by atoms with Gasteiger partial charge in [0.25, 0.3) is 5.91 Å². The molecular formula is C17H18INO3. The van der Waals surface area contributed by atoms with Gasteiger partial charge in [0.1, 0.15) is 0 Å². The maximum Gasteiger partial charge on any atom is 0.254 e. The molecule has 0 N–H and O–H groups in total. The molecule has 2 rings (SSSR count). The number of halogens is 1. The van der Waals surface area contributed by atoms with Crippen molar-refractivity contribution in [1.82, 2.24) is 4.90 Å². The van der Waals surface area contributed by atoms with Gasteiger partial charge in [-0.05, 0) is 52.4 Å². The van der Waals surface area contributed by atoms with E-state index in [1.54, 1.807) is 26.2 Å². The Labute approximate surface area is 144 Å². The first-order chi connectivity index (χ1) is 10.6. The molecule has 0 radical (unpaired) electrons. The third-order valence-corrected chi connectivity index (χ3v) is 4.26. The molecule has 0 aliphatic heterocycles. The topological polar surface area (TPSA) is 38.8 Å². The Hall–Kier alpha value is -1.76. The van der Waals surface area contributed by atoms with Crippen LogP contribution in [0, 0.1) is 3.57 Å². The number of ether oxygens (including phenoxy) is 2. The van der Waals surface area contributed by atoms with Crippen molar-refractivity contribution < 1.29 is 14.3 Å². The van der Waals surface area contributed by atoms with Crippen molar-refractivity contribution in [2.75, 3.05) is 21.3 Å². The van der Waals surface area contributed by atoms with E-state index in [2.05, 4.69) is 22.6 Å². The average molecular weight is 411 g/mol. The van der Waals surface area contributed by atoms with Gasteiger partial charge >= 0.3 is 0 Å². The molecule has 0 aromatic heterocycles. The maximum atomic E-state index is 12.5. The monoisotopic (exact) mass is 411 g/mol. The lowest BCUT2D eigenvalue weighted by Crippen LogP contribution is -2.26. The van der Waals surface area contributed by atoms with E-state index in [9.17, 15) is 4.79 Å². The summed E-state index contributed by atoms with van der Waals surface area (Å²) in [6, 6.07) is 13.2. The highest BCUT2D eigenvalue weighted by atomic mass is 127. The summed E-state index contributed by atoms with van der Waals surface area (Å²) in [5, 5.41) is 0. The summed E-state index contributed by atoms with van der Waals surface area (Å²) in [5.41, 5.74) is 1.70. The zero-order valence-corrected chi connectivity index (χ0v) is 15.0. The largest absolute Gasteiger partial charge is 0.493 e. The molecule has 0 aliphatic rings. The summed E-state index contributed by atoms with van der Waals surface area (Å²) < 4.78 is 11.5. The van der Waals surface area contributed by atoms with Gasteiger partial charge in [0.15, 0.2) is 11.5 Å². The molecule has 5 heteroatoms. The molecule has 0 saturated carbocycles. The van der Waals surface area contributed by atoms with E-state index in [1.165, 1.54) is 0 Å². The minimum atomic E-state index is -0.000199. The fourth-order valence-corrected chi connectivity index (χ4v) is 2.78. The van der Waals surface area contributed by atoms with Crippen molar-refractivity contribution in [3.63, 3.8) is 0 Å². The second kappa shape index (κ2) is 7.49. The van der Waals surface area contributed by atoms with Gasteiger partial charge in [-0.3, -0.25) is 4.79 Å². The van der Waals surface area contributed by atoms with Gasteiger partial charge in [0.05, 0.1) is 19.8 Å². The van der Waals surface area contributed by atoms with E-state index in [4.69, 9.17) is 9.47 Å². The van der Waals surface area contributed by atoms with Crippen LogP contribution >= 0.6 is 22.6 Å². The highest BCUT2D eigenvalue weighted by Crippen LogP contribution is 2.28. The van der Waals surface area contributed by atoms with E-state index in [1.807, 2.05) is 42.5 Å². The van der Waals surface area contributed by atoms with Crippen LogP contribution in [0.1, 0.15) is 15.9 Å². The molecule has 2 aromatic rings. The molecule has 0 unspecified atom stereocenters. The zero-order valence-electron chi connectivity index (χ0n) is 12.8. The Morgan fingerprint density at radius 3 is 2.41 bits per heavy atom. The highest BCUT2D eigenvalue weighted by molar-refractivity contribution is 14.1. The molecule has 0 atom stereocenters. The second-order valence-corrected chi connectivity index (χ2v) is 5.99. The lowest BCUT2D eigenvalue weighted by molar-refractivity contribution is 0.0784. The normalized spacial score (nSPS) is 10.2. The molecule has 0 aliphatic carbocycles. The van der Waals surface area contributed by atoms with Gasteiger partial charge in [-0.25, -0.2) is 0 Å². The fraction of sp³-hybridized carbons (Fsp3) is 0.235. The van der Waals surface area contributed by atoms with E-state index < -0.39 is 0 Å². The Balaban J connectivity index is 2.17. The van der Waals surface area contributed by atoms with Crippen LogP contribution in [-0.2, 0) is 6.54 Å². The predicted molar refractivity (Wildman–Crippen MR) is 94.5 cm³/mol. The molecule has 0 saturated heterocycles. The number of nitrogens with zero attached hydrogens (tertiary/aromatic N) is 1. The van der Waals surface area contributed by atoms with Crippen LogP contribution in [0.4, 0.5) is 0 Å². The first-order valence-electron chi connectivity index (χ1n) is 6.77. The third kappa shape index (κ3) is 3.71. The summed E-state index contributed by atoms with van der Waals surface area (Å²) in [6.07, 6.45) is 0. The maximum absolute atomic E-state index is 12.5. The minimum absolute atomic E-state index is 0.000199. The van der Waals surface area contributed by atoms with E-state index >= 15 is 0 Å². The molecule has 2 aromatic carbocycles. The van der Waals surface area contributed by atoms with E-state index in [-0.39, 0.29) is 5.91 Å². The Morgan fingerprint density at radius 1 is 1.09 bits per heavy atom. The number of amides is 1. The smallest absolute Gasteiger partial charge is 0.254 e. The summed E-state index contributed by atoms with van der Waals surface area (Å²) >= 11 is 2.18. The Kier molecular flexibility index (Phi) is 5.65. The molecule has 4 nitrogen and oxygen atoms in total. The summed E-state index contributed by atoms with van der Waals surface area (Å²) in [4.78, 5) is 14.2. The van der Waals surface area contributed by atoms with Crippen LogP contribution in [-0.4, -0.2) is 32.1 Å². The molecule has 0 spiro atoms. The molecule has 0 heterocycles. The Bertz CT molecular complexity index is 673. The number of benzene rings is 2. The van der Waals surface area contributed by atoms with Gasteiger partial charge in [-0.2, -0.15) is 0 Å². The highest BCUT2D eigenvalue weighted by Gasteiger charge is 2.15. The zero-order chi connectivity index (χ0) is 16.1. The predicted octanol–water partition coefficient (Wildman–Crippen LogP) is 3.58. The summed E-state index contributed by atoms with van der Waals surface area (Å²) in [5.74, 6) is 1.34. The number of carbonyl (C=O) groups is 1. The van der Waals surface area contributed by atoms with E-state index in [0.717, 1.165) is 9.13 Å². The number of methoxy groups -OCH3 is 2. The number of hydrogen-bond donors (Lipinski definition) is 0. The van der Waals surface area contributed by atoms with Gasteiger partial charge in [0.2, 0.25) is 0 Å². The van der Waals surface area contributed by atoms with Crippen LogP contribution < -0.4 is 9.47 Å². The molecule has 1 amide bonds. The molecule has 22 heavy (non-hydrogen) atoms. The van der Waals surface area contributed by atoms with Crippen LogP contribution in [0.3, 0.4) is 0 Å². The standard InChI is InChI=1S/C17H18INO3/c1-19(17(20)13-6-4-5-7-14(13)18)11-12-8-9-15(21-2)16(10-12)22-3/h4-10H,11H2,1-3H3. The lowest BCUT2D eigenvalue weighted by Gasteiger charge is -2.19. The van der Waals surface area contributed by atoms with Crippen LogP contribution in [0.25, 0.3) is 0 Å².